The number of piperidine rings is 1. The number of aryl methyl sites for hydroxylation is 1. The minimum absolute atomic E-state index is 0.727. The molecule has 4 heteroatoms. The summed E-state index contributed by atoms with van der Waals surface area (Å²) in [6.07, 6.45) is 3.53. The van der Waals surface area contributed by atoms with E-state index in [1.54, 1.807) is 0 Å². The van der Waals surface area contributed by atoms with E-state index in [9.17, 15) is 0 Å². The van der Waals surface area contributed by atoms with Crippen LogP contribution in [0.2, 0.25) is 0 Å². The Balaban J connectivity index is 1.68. The van der Waals surface area contributed by atoms with Gasteiger partial charge in [-0.15, -0.1) is 0 Å². The Labute approximate surface area is 136 Å². The second-order valence-corrected chi connectivity index (χ2v) is 6.51. The molecule has 1 saturated heterocycles. The van der Waals surface area contributed by atoms with Crippen LogP contribution < -0.4 is 5.32 Å². The van der Waals surface area contributed by atoms with Gasteiger partial charge in [0.15, 0.2) is 0 Å². The molecule has 0 radical (unpaired) electrons. The normalized spacial score (nSPS) is 16.2. The minimum Gasteiger partial charge on any atom is -0.464 e. The molecule has 1 aliphatic heterocycles. The number of aromatic nitrogens is 2. The summed E-state index contributed by atoms with van der Waals surface area (Å²) in [6.45, 7) is 5.00. The number of benzene rings is 1. The molecule has 0 bridgehead atoms. The lowest BCUT2D eigenvalue weighted by Crippen LogP contribution is -2.29. The second-order valence-electron chi connectivity index (χ2n) is 6.51. The van der Waals surface area contributed by atoms with Crippen molar-refractivity contribution in [3.63, 3.8) is 0 Å². The average molecular weight is 309 g/mol. The zero-order chi connectivity index (χ0) is 15.6. The Morgan fingerprint density at radius 1 is 1.17 bits per heavy atom. The van der Waals surface area contributed by atoms with Crippen molar-refractivity contribution in [3.05, 3.63) is 53.7 Å². The van der Waals surface area contributed by atoms with Crippen molar-refractivity contribution in [2.24, 2.45) is 5.92 Å². The van der Waals surface area contributed by atoms with Crippen LogP contribution in [0, 0.1) is 12.8 Å². The lowest BCUT2D eigenvalue weighted by atomic mass is 9.94. The molecule has 120 valence electrons. The molecule has 1 aliphatic rings. The minimum atomic E-state index is 0.727. The van der Waals surface area contributed by atoms with E-state index in [4.69, 9.17) is 9.40 Å². The van der Waals surface area contributed by atoms with Gasteiger partial charge in [0.2, 0.25) is 0 Å². The highest BCUT2D eigenvalue weighted by Crippen LogP contribution is 2.23. The monoisotopic (exact) mass is 309 g/mol. The Bertz CT molecular complexity index is 796. The van der Waals surface area contributed by atoms with E-state index in [1.165, 1.54) is 24.2 Å². The summed E-state index contributed by atoms with van der Waals surface area (Å²) in [5, 5.41) is 3.44. The number of hydrogen-bond acceptors (Lipinski definition) is 3. The first-order valence-corrected chi connectivity index (χ1v) is 8.50. The van der Waals surface area contributed by atoms with Crippen LogP contribution in [-0.2, 0) is 13.0 Å². The molecule has 4 nitrogen and oxygen atoms in total. The van der Waals surface area contributed by atoms with Gasteiger partial charge >= 0.3 is 0 Å². The summed E-state index contributed by atoms with van der Waals surface area (Å²) in [5.41, 5.74) is 2.28. The smallest absolute Gasteiger partial charge is 0.123 e. The van der Waals surface area contributed by atoms with Crippen LogP contribution in [0.1, 0.15) is 30.2 Å². The number of fused-ring (bicyclic) bond motifs is 1. The first-order valence-electron chi connectivity index (χ1n) is 8.50. The molecule has 0 unspecified atom stereocenters. The van der Waals surface area contributed by atoms with E-state index >= 15 is 0 Å². The van der Waals surface area contributed by atoms with Gasteiger partial charge in [0.25, 0.3) is 0 Å². The molecule has 0 atom stereocenters. The predicted molar refractivity (Wildman–Crippen MR) is 91.6 cm³/mol. The van der Waals surface area contributed by atoms with Crippen LogP contribution in [0.4, 0.5) is 0 Å². The van der Waals surface area contributed by atoms with Gasteiger partial charge in [-0.25, -0.2) is 4.98 Å². The van der Waals surface area contributed by atoms with Gasteiger partial charge in [0.1, 0.15) is 17.3 Å². The van der Waals surface area contributed by atoms with Gasteiger partial charge in [-0.05, 0) is 63.0 Å². The molecule has 0 saturated carbocycles. The van der Waals surface area contributed by atoms with E-state index in [-0.39, 0.29) is 0 Å². The Morgan fingerprint density at radius 2 is 2.00 bits per heavy atom. The molecule has 1 aromatic carbocycles. The van der Waals surface area contributed by atoms with E-state index in [0.29, 0.717) is 0 Å². The number of imidazole rings is 1. The molecule has 1 fully saturated rings. The lowest BCUT2D eigenvalue weighted by Gasteiger charge is -2.22. The lowest BCUT2D eigenvalue weighted by molar-refractivity contribution is 0.362. The van der Waals surface area contributed by atoms with E-state index in [1.807, 2.05) is 13.0 Å². The van der Waals surface area contributed by atoms with Crippen molar-refractivity contribution in [3.8, 4) is 0 Å². The van der Waals surface area contributed by atoms with Crippen molar-refractivity contribution < 1.29 is 4.42 Å². The number of nitrogens with zero attached hydrogens (tertiary/aromatic N) is 2. The topological polar surface area (TPSA) is 43.0 Å². The van der Waals surface area contributed by atoms with Gasteiger partial charge < -0.3 is 14.3 Å². The number of hydrogen-bond donors (Lipinski definition) is 1. The summed E-state index contributed by atoms with van der Waals surface area (Å²) >= 11 is 0. The summed E-state index contributed by atoms with van der Waals surface area (Å²) in [7, 11) is 0. The second kappa shape index (κ2) is 6.20. The molecule has 2 aromatic heterocycles. The van der Waals surface area contributed by atoms with Crippen LogP contribution >= 0.6 is 0 Å². The van der Waals surface area contributed by atoms with Crippen LogP contribution in [0.25, 0.3) is 11.0 Å². The molecule has 1 N–H and O–H groups in total. The third-order valence-corrected chi connectivity index (χ3v) is 4.77. The van der Waals surface area contributed by atoms with Gasteiger partial charge in [0, 0.05) is 6.42 Å². The van der Waals surface area contributed by atoms with Crippen LogP contribution in [0.5, 0.6) is 0 Å². The Kier molecular flexibility index (Phi) is 3.92. The molecule has 3 heterocycles. The highest BCUT2D eigenvalue weighted by Gasteiger charge is 2.19. The van der Waals surface area contributed by atoms with Crippen molar-refractivity contribution >= 4 is 11.0 Å². The fourth-order valence-electron chi connectivity index (χ4n) is 3.53. The van der Waals surface area contributed by atoms with Crippen molar-refractivity contribution in [1.82, 2.24) is 14.9 Å². The van der Waals surface area contributed by atoms with E-state index < -0.39 is 0 Å². The first-order chi connectivity index (χ1) is 11.3. The van der Waals surface area contributed by atoms with Gasteiger partial charge in [0.05, 0.1) is 17.6 Å². The summed E-state index contributed by atoms with van der Waals surface area (Å²) in [6, 6.07) is 12.5. The van der Waals surface area contributed by atoms with Crippen molar-refractivity contribution in [1.29, 1.82) is 0 Å². The summed E-state index contributed by atoms with van der Waals surface area (Å²) < 4.78 is 8.12. The van der Waals surface area contributed by atoms with E-state index in [0.717, 1.165) is 49.0 Å². The number of para-hydroxylation sites is 2. The fourth-order valence-corrected chi connectivity index (χ4v) is 3.53. The predicted octanol–water partition coefficient (Wildman–Crippen LogP) is 3.53. The Morgan fingerprint density at radius 3 is 2.78 bits per heavy atom. The van der Waals surface area contributed by atoms with Crippen molar-refractivity contribution in [2.45, 2.75) is 32.7 Å². The third-order valence-electron chi connectivity index (χ3n) is 4.77. The molecule has 3 aromatic rings. The molecule has 23 heavy (non-hydrogen) atoms. The molecule has 0 spiro atoms. The summed E-state index contributed by atoms with van der Waals surface area (Å²) in [4.78, 5) is 4.91. The fraction of sp³-hybridized carbons (Fsp3) is 0.421. The summed E-state index contributed by atoms with van der Waals surface area (Å²) in [5.74, 6) is 3.87. The SMILES string of the molecule is Cc1ccc(Cn2c(CC3CCNCC3)nc3ccccc32)o1. The van der Waals surface area contributed by atoms with Gasteiger partial charge in [-0.3, -0.25) is 0 Å². The maximum absolute atomic E-state index is 5.79. The third kappa shape index (κ3) is 3.04. The molecular weight excluding hydrogens is 286 g/mol. The number of furan rings is 1. The largest absolute Gasteiger partial charge is 0.464 e. The van der Waals surface area contributed by atoms with E-state index in [2.05, 4.69) is 40.2 Å². The Hall–Kier alpha value is -2.07. The highest BCUT2D eigenvalue weighted by molar-refractivity contribution is 5.76. The first kappa shape index (κ1) is 14.5. The molecule has 0 aliphatic carbocycles. The quantitative estimate of drug-likeness (QED) is 0.802. The van der Waals surface area contributed by atoms with Gasteiger partial charge in [-0.1, -0.05) is 12.1 Å². The standard InChI is InChI=1S/C19H23N3O/c1-14-6-7-16(23-14)13-22-18-5-3-2-4-17(18)21-19(22)12-15-8-10-20-11-9-15/h2-7,15,20H,8-13H2,1H3. The maximum Gasteiger partial charge on any atom is 0.123 e. The molecule has 4 rings (SSSR count). The number of rotatable bonds is 4. The molecular formula is C19H23N3O. The maximum atomic E-state index is 5.79. The number of nitrogens with one attached hydrogen (secondary N) is 1. The van der Waals surface area contributed by atoms with Gasteiger partial charge in [-0.2, -0.15) is 0 Å². The van der Waals surface area contributed by atoms with Crippen LogP contribution in [0.15, 0.2) is 40.8 Å². The van der Waals surface area contributed by atoms with Crippen molar-refractivity contribution in [2.75, 3.05) is 13.1 Å². The van der Waals surface area contributed by atoms with Crippen LogP contribution in [0.3, 0.4) is 0 Å². The van der Waals surface area contributed by atoms with Crippen LogP contribution in [-0.4, -0.2) is 22.6 Å². The molecule has 0 amide bonds. The zero-order valence-electron chi connectivity index (χ0n) is 13.6. The zero-order valence-corrected chi connectivity index (χ0v) is 13.6. The average Bonchev–Trinajstić information content (AvgIpc) is 3.13. The highest BCUT2D eigenvalue weighted by atomic mass is 16.3.